The van der Waals surface area contributed by atoms with Crippen molar-refractivity contribution in [2.45, 2.75) is 47.1 Å². The average Bonchev–Trinajstić information content (AvgIpc) is 2.77. The molecule has 180 valence electrons. The zero-order valence-electron chi connectivity index (χ0n) is 20.8. The SMILES string of the molecule is CC(C)(O)C(=O)c1ccccc1.COc1cccc(OC)c1C(=O)[P+](=O)CC(C)C(C)(C)C. The second-order valence-electron chi connectivity index (χ2n) is 9.42. The van der Waals surface area contributed by atoms with Gasteiger partial charge in [-0.1, -0.05) is 68.7 Å². The van der Waals surface area contributed by atoms with Crippen LogP contribution in [0, 0.1) is 11.3 Å². The topological polar surface area (TPSA) is 89.9 Å². The maximum absolute atomic E-state index is 12.5. The van der Waals surface area contributed by atoms with Crippen molar-refractivity contribution >= 4 is 19.1 Å². The second kappa shape index (κ2) is 12.1. The fraction of sp³-hybridized carbons (Fsp3) is 0.462. The third-order valence-corrected chi connectivity index (χ3v) is 6.93. The molecule has 0 saturated heterocycles. The number of carbonyl (C=O) groups is 2. The van der Waals surface area contributed by atoms with E-state index in [0.29, 0.717) is 23.2 Å². The Labute approximate surface area is 198 Å². The molecule has 0 bridgehead atoms. The lowest BCUT2D eigenvalue weighted by atomic mass is 9.83. The van der Waals surface area contributed by atoms with E-state index in [1.807, 2.05) is 13.0 Å². The van der Waals surface area contributed by atoms with Gasteiger partial charge in [0.25, 0.3) is 0 Å². The van der Waals surface area contributed by atoms with Crippen molar-refractivity contribution in [2.75, 3.05) is 20.4 Å². The minimum Gasteiger partial charge on any atom is -0.496 e. The molecule has 2 rings (SSSR count). The number of ether oxygens (including phenoxy) is 2. The quantitative estimate of drug-likeness (QED) is 0.372. The van der Waals surface area contributed by atoms with Crippen LogP contribution in [0.25, 0.3) is 0 Å². The molecule has 0 radical (unpaired) electrons. The minimum atomic E-state index is -2.01. The summed E-state index contributed by atoms with van der Waals surface area (Å²) in [5.41, 5.74) is -0.859. The monoisotopic (exact) mass is 475 g/mol. The summed E-state index contributed by atoms with van der Waals surface area (Å²) < 4.78 is 22.8. The Morgan fingerprint density at radius 3 is 1.79 bits per heavy atom. The summed E-state index contributed by atoms with van der Waals surface area (Å²) in [6.45, 7) is 11.2. The standard InChI is InChI=1S/C16H24O4P.C10H12O2/c1-11(16(2,3)4)10-21(18)15(17)14-12(19-5)8-7-9-13(14)20-6;1-10(2,12)9(11)8-6-4-3-5-7-8/h7-9,11H,10H2,1-6H3;3-7,12H,1-2H3/q+1;. The number of methoxy groups -OCH3 is 2. The van der Waals surface area contributed by atoms with Gasteiger partial charge in [0.2, 0.25) is 0 Å². The van der Waals surface area contributed by atoms with Crippen LogP contribution < -0.4 is 9.47 Å². The van der Waals surface area contributed by atoms with Crippen molar-refractivity contribution < 1.29 is 28.7 Å². The highest BCUT2D eigenvalue weighted by Gasteiger charge is 2.38. The number of ketones is 1. The van der Waals surface area contributed by atoms with Crippen LogP contribution >= 0.6 is 7.80 Å². The zero-order valence-corrected chi connectivity index (χ0v) is 21.7. The largest absolute Gasteiger partial charge is 0.496 e. The Bertz CT molecular complexity index is 933. The molecule has 0 aliphatic rings. The van der Waals surface area contributed by atoms with Gasteiger partial charge in [-0.3, -0.25) is 4.79 Å². The van der Waals surface area contributed by atoms with E-state index in [4.69, 9.17) is 9.47 Å². The van der Waals surface area contributed by atoms with Gasteiger partial charge in [0.05, 0.1) is 14.2 Å². The third-order valence-electron chi connectivity index (χ3n) is 5.38. The average molecular weight is 476 g/mol. The fourth-order valence-electron chi connectivity index (χ4n) is 2.73. The number of hydrogen-bond acceptors (Lipinski definition) is 6. The predicted octanol–water partition coefficient (Wildman–Crippen LogP) is 5.99. The highest BCUT2D eigenvalue weighted by atomic mass is 31.1. The van der Waals surface area contributed by atoms with Gasteiger partial charge < -0.3 is 14.6 Å². The van der Waals surface area contributed by atoms with Crippen LogP contribution in [0.1, 0.15) is 62.3 Å². The van der Waals surface area contributed by atoms with Gasteiger partial charge in [0.1, 0.15) is 17.1 Å². The van der Waals surface area contributed by atoms with Crippen molar-refractivity contribution in [3.05, 3.63) is 59.7 Å². The Morgan fingerprint density at radius 1 is 0.909 bits per heavy atom. The number of Topliss-reactive ketones (excluding diaryl/α,β-unsaturated/α-hetero) is 1. The Hall–Kier alpha value is -2.56. The van der Waals surface area contributed by atoms with Crippen molar-refractivity contribution in [3.63, 3.8) is 0 Å². The zero-order chi connectivity index (χ0) is 25.4. The Kier molecular flexibility index (Phi) is 10.4. The second-order valence-corrected chi connectivity index (χ2v) is 11.0. The molecular weight excluding hydrogens is 439 g/mol. The van der Waals surface area contributed by atoms with E-state index in [1.54, 1.807) is 42.5 Å². The third kappa shape index (κ3) is 8.38. The van der Waals surface area contributed by atoms with Crippen molar-refractivity contribution in [1.29, 1.82) is 0 Å². The summed E-state index contributed by atoms with van der Waals surface area (Å²) in [5, 5.41) is 9.39. The highest BCUT2D eigenvalue weighted by molar-refractivity contribution is 7.64. The normalized spacial score (nSPS) is 12.7. The molecule has 2 aromatic carbocycles. The van der Waals surface area contributed by atoms with E-state index in [0.717, 1.165) is 0 Å². The molecule has 1 N–H and O–H groups in total. The summed E-state index contributed by atoms with van der Waals surface area (Å²) in [6.07, 6.45) is 0.360. The summed E-state index contributed by atoms with van der Waals surface area (Å²) in [7, 11) is 0.951. The molecule has 6 nitrogen and oxygen atoms in total. The first-order chi connectivity index (χ1) is 15.2. The smallest absolute Gasteiger partial charge is 0.420 e. The molecule has 0 aliphatic carbocycles. The lowest BCUT2D eigenvalue weighted by Gasteiger charge is -2.23. The predicted molar refractivity (Wildman–Crippen MR) is 132 cm³/mol. The maximum atomic E-state index is 12.5. The van der Waals surface area contributed by atoms with E-state index in [1.165, 1.54) is 28.1 Å². The molecule has 0 spiro atoms. The molecule has 2 aromatic rings. The van der Waals surface area contributed by atoms with Gasteiger partial charge >= 0.3 is 13.3 Å². The first-order valence-electron chi connectivity index (χ1n) is 10.8. The van der Waals surface area contributed by atoms with Crippen LogP contribution in [0.4, 0.5) is 0 Å². The van der Waals surface area contributed by atoms with Crippen molar-refractivity contribution in [3.8, 4) is 11.5 Å². The molecule has 0 heterocycles. The molecule has 0 amide bonds. The number of hydrogen-bond donors (Lipinski definition) is 1. The van der Waals surface area contributed by atoms with Crippen LogP contribution in [0.2, 0.25) is 0 Å². The number of aliphatic hydroxyl groups is 1. The molecule has 2 unspecified atom stereocenters. The maximum Gasteiger partial charge on any atom is 0.420 e. The van der Waals surface area contributed by atoms with Crippen molar-refractivity contribution in [2.24, 2.45) is 11.3 Å². The van der Waals surface area contributed by atoms with Gasteiger partial charge in [-0.05, 0) is 31.4 Å². The lowest BCUT2D eigenvalue weighted by Crippen LogP contribution is -2.30. The molecule has 0 fully saturated rings. The molecule has 0 saturated carbocycles. The van der Waals surface area contributed by atoms with Crippen LogP contribution in [-0.2, 0) is 4.57 Å². The first kappa shape index (κ1) is 28.5. The highest BCUT2D eigenvalue weighted by Crippen LogP contribution is 2.41. The van der Waals surface area contributed by atoms with Gasteiger partial charge in [-0.15, -0.1) is 0 Å². The Morgan fingerprint density at radius 2 is 1.39 bits per heavy atom. The fourth-order valence-corrected chi connectivity index (χ4v) is 4.42. The van der Waals surface area contributed by atoms with E-state index in [9.17, 15) is 19.3 Å². The molecule has 2 atom stereocenters. The summed E-state index contributed by atoms with van der Waals surface area (Å²) in [4.78, 5) is 23.9. The molecule has 33 heavy (non-hydrogen) atoms. The van der Waals surface area contributed by atoms with Crippen LogP contribution in [0.15, 0.2) is 48.5 Å². The molecular formula is C26H36O6P+. The molecule has 0 aromatic heterocycles. The van der Waals surface area contributed by atoms with E-state index in [2.05, 4.69) is 20.8 Å². The van der Waals surface area contributed by atoms with E-state index < -0.39 is 18.9 Å². The number of carbonyl (C=O) groups excluding carboxylic acids is 2. The van der Waals surface area contributed by atoms with Gasteiger partial charge in [0.15, 0.2) is 17.5 Å². The first-order valence-corrected chi connectivity index (χ1v) is 12.2. The van der Waals surface area contributed by atoms with Gasteiger partial charge in [-0.2, -0.15) is 0 Å². The van der Waals surface area contributed by atoms with E-state index >= 15 is 0 Å². The molecule has 7 heteroatoms. The van der Waals surface area contributed by atoms with E-state index in [-0.39, 0.29) is 22.7 Å². The summed E-state index contributed by atoms with van der Waals surface area (Å²) in [5.74, 6) is 0.714. The lowest BCUT2D eigenvalue weighted by molar-refractivity contribution is 0.0488. The van der Waals surface area contributed by atoms with Crippen LogP contribution in [0.5, 0.6) is 11.5 Å². The van der Waals surface area contributed by atoms with Crippen LogP contribution in [-0.4, -0.2) is 42.4 Å². The number of benzene rings is 2. The summed E-state index contributed by atoms with van der Waals surface area (Å²) >= 11 is 0. The van der Waals surface area contributed by atoms with Gasteiger partial charge in [0, 0.05) is 11.5 Å². The van der Waals surface area contributed by atoms with Gasteiger partial charge in [-0.25, -0.2) is 4.79 Å². The molecule has 0 aliphatic heterocycles. The minimum absolute atomic E-state index is 0.0101. The van der Waals surface area contributed by atoms with Crippen LogP contribution in [0.3, 0.4) is 0 Å². The Balaban J connectivity index is 0.000000383. The van der Waals surface area contributed by atoms with Crippen molar-refractivity contribution in [1.82, 2.24) is 0 Å². The number of rotatable bonds is 8. The summed E-state index contributed by atoms with van der Waals surface area (Å²) in [6, 6.07) is 13.9.